The molecule has 0 saturated carbocycles. The van der Waals surface area contributed by atoms with E-state index in [0.29, 0.717) is 0 Å². The molecule has 0 fully saturated rings. The molecule has 0 amide bonds. The number of nitrogens with one attached hydrogen (secondary N) is 1. The van der Waals surface area contributed by atoms with Crippen LogP contribution in [-0.2, 0) is 0 Å². The molecule has 1 aromatic carbocycles. The topological polar surface area (TPSA) is 50.7 Å². The Kier molecular flexibility index (Phi) is 5.39. The van der Waals surface area contributed by atoms with Crippen molar-refractivity contribution in [2.45, 2.75) is 11.3 Å². The minimum absolute atomic E-state index is 0.849. The Morgan fingerprint density at radius 3 is 2.68 bits per heavy atom. The van der Waals surface area contributed by atoms with Gasteiger partial charge in [-0.25, -0.2) is 0 Å². The first-order chi connectivity index (χ1) is 10.9. The first-order valence-electron chi connectivity index (χ1n) is 7.08. The molecule has 112 valence electrons. The second-order valence-electron chi connectivity index (χ2n) is 4.57. The number of hydrogen-bond donors (Lipinski definition) is 1. The molecule has 0 radical (unpaired) electrons. The summed E-state index contributed by atoms with van der Waals surface area (Å²) in [5.41, 5.74) is 0.868. The van der Waals surface area contributed by atoms with Crippen molar-refractivity contribution in [1.29, 1.82) is 0 Å². The minimum atomic E-state index is 0.849. The van der Waals surface area contributed by atoms with Crippen LogP contribution in [0.1, 0.15) is 6.42 Å². The van der Waals surface area contributed by atoms with Gasteiger partial charge in [0, 0.05) is 17.6 Å². The van der Waals surface area contributed by atoms with E-state index in [9.17, 15) is 0 Å². The Morgan fingerprint density at radius 1 is 1.00 bits per heavy atom. The quantitative estimate of drug-likeness (QED) is 0.520. The smallest absolute Gasteiger partial charge is 0.206 e. The summed E-state index contributed by atoms with van der Waals surface area (Å²) in [4.78, 5) is 5.60. The Hall–Kier alpha value is -1.92. The lowest BCUT2D eigenvalue weighted by atomic mass is 10.4. The van der Waals surface area contributed by atoms with Gasteiger partial charge in [-0.1, -0.05) is 35.6 Å². The van der Waals surface area contributed by atoms with E-state index in [4.69, 9.17) is 0 Å². The largest absolute Gasteiger partial charge is 0.360 e. The zero-order valence-corrected chi connectivity index (χ0v) is 13.6. The summed E-state index contributed by atoms with van der Waals surface area (Å²) in [6.45, 7) is 0.899. The highest BCUT2D eigenvalue weighted by molar-refractivity contribution is 7.99. The first-order valence-corrected chi connectivity index (χ1v) is 8.89. The van der Waals surface area contributed by atoms with E-state index in [0.717, 1.165) is 34.6 Å². The molecule has 22 heavy (non-hydrogen) atoms. The van der Waals surface area contributed by atoms with Gasteiger partial charge in [-0.2, -0.15) is 0 Å². The maximum atomic E-state index is 4.28. The second kappa shape index (κ2) is 7.91. The number of rotatable bonds is 7. The monoisotopic (exact) mass is 328 g/mol. The predicted molar refractivity (Wildman–Crippen MR) is 93.4 cm³/mol. The van der Waals surface area contributed by atoms with Crippen molar-refractivity contribution in [2.24, 2.45) is 0 Å². The number of pyridine rings is 1. The van der Waals surface area contributed by atoms with E-state index in [1.54, 1.807) is 6.20 Å². The third-order valence-electron chi connectivity index (χ3n) is 2.92. The van der Waals surface area contributed by atoms with Gasteiger partial charge in [0.2, 0.25) is 5.13 Å². The normalized spacial score (nSPS) is 10.5. The Bertz CT molecular complexity index is 686. The lowest BCUT2D eigenvalue weighted by Crippen LogP contribution is -2.02. The predicted octanol–water partition coefficient (Wildman–Crippen LogP) is 4.19. The summed E-state index contributed by atoms with van der Waals surface area (Å²) < 4.78 is 0. The molecule has 3 rings (SSSR count). The van der Waals surface area contributed by atoms with Crippen LogP contribution in [0.2, 0.25) is 0 Å². The van der Waals surface area contributed by atoms with E-state index in [-0.39, 0.29) is 0 Å². The molecule has 4 nitrogen and oxygen atoms in total. The second-order valence-corrected chi connectivity index (χ2v) is 6.72. The lowest BCUT2D eigenvalue weighted by Gasteiger charge is -2.02. The van der Waals surface area contributed by atoms with Crippen molar-refractivity contribution in [3.8, 4) is 10.7 Å². The zero-order chi connectivity index (χ0) is 15.0. The Morgan fingerprint density at radius 2 is 1.86 bits per heavy atom. The molecule has 0 unspecified atom stereocenters. The highest BCUT2D eigenvalue weighted by atomic mass is 32.2. The standard InChI is InChI=1S/C16H16N4S2/c1-2-7-13(8-3-1)21-12-6-11-18-16-20-19-15(22-16)14-9-4-5-10-17-14/h1-5,7-10H,6,11-12H2,(H,18,20). The fourth-order valence-corrected chi connectivity index (χ4v) is 3.48. The summed E-state index contributed by atoms with van der Waals surface area (Å²) in [6, 6.07) is 16.3. The van der Waals surface area contributed by atoms with E-state index in [2.05, 4.69) is 44.8 Å². The number of benzene rings is 1. The molecule has 0 saturated heterocycles. The highest BCUT2D eigenvalue weighted by Gasteiger charge is 2.06. The van der Waals surface area contributed by atoms with Crippen molar-refractivity contribution in [3.63, 3.8) is 0 Å². The van der Waals surface area contributed by atoms with Gasteiger partial charge in [0.05, 0.1) is 0 Å². The maximum absolute atomic E-state index is 4.28. The van der Waals surface area contributed by atoms with Crippen molar-refractivity contribution in [3.05, 3.63) is 54.7 Å². The molecule has 0 aliphatic carbocycles. The van der Waals surface area contributed by atoms with Crippen LogP contribution >= 0.6 is 23.1 Å². The fraction of sp³-hybridized carbons (Fsp3) is 0.188. The molecular weight excluding hydrogens is 312 g/mol. The van der Waals surface area contributed by atoms with E-state index >= 15 is 0 Å². The van der Waals surface area contributed by atoms with Crippen LogP contribution in [0, 0.1) is 0 Å². The molecule has 0 atom stereocenters. The van der Waals surface area contributed by atoms with Crippen molar-refractivity contribution in [2.75, 3.05) is 17.6 Å². The number of hydrogen-bond acceptors (Lipinski definition) is 6. The fourth-order valence-electron chi connectivity index (χ4n) is 1.86. The molecule has 3 aromatic rings. The van der Waals surface area contributed by atoms with Crippen molar-refractivity contribution >= 4 is 28.2 Å². The molecule has 0 bridgehead atoms. The molecule has 6 heteroatoms. The van der Waals surface area contributed by atoms with Crippen molar-refractivity contribution in [1.82, 2.24) is 15.2 Å². The van der Waals surface area contributed by atoms with E-state index < -0.39 is 0 Å². The minimum Gasteiger partial charge on any atom is -0.360 e. The van der Waals surface area contributed by atoms with Crippen molar-refractivity contribution < 1.29 is 0 Å². The first kappa shape index (κ1) is 15.0. The molecule has 2 heterocycles. The van der Waals surface area contributed by atoms with Gasteiger partial charge in [0.15, 0.2) is 5.01 Å². The average Bonchev–Trinajstić information content (AvgIpc) is 3.05. The summed E-state index contributed by atoms with van der Waals surface area (Å²) in [5.74, 6) is 1.09. The molecule has 0 aliphatic rings. The number of thioether (sulfide) groups is 1. The number of aromatic nitrogens is 3. The van der Waals surface area contributed by atoms with E-state index in [1.165, 1.54) is 16.2 Å². The van der Waals surface area contributed by atoms with Gasteiger partial charge < -0.3 is 5.32 Å². The third-order valence-corrected chi connectivity index (χ3v) is 4.92. The van der Waals surface area contributed by atoms with Gasteiger partial charge in [-0.15, -0.1) is 22.0 Å². The molecular formula is C16H16N4S2. The zero-order valence-electron chi connectivity index (χ0n) is 12.0. The van der Waals surface area contributed by atoms with E-state index in [1.807, 2.05) is 36.0 Å². The average molecular weight is 328 g/mol. The van der Waals surface area contributed by atoms with Crippen LogP contribution in [0.25, 0.3) is 10.7 Å². The molecule has 2 aromatic heterocycles. The third kappa shape index (κ3) is 4.29. The van der Waals surface area contributed by atoms with Crippen LogP contribution in [0.5, 0.6) is 0 Å². The van der Waals surface area contributed by atoms with Gasteiger partial charge in [0.25, 0.3) is 0 Å². The summed E-state index contributed by atoms with van der Waals surface area (Å²) in [5, 5.41) is 13.4. The Balaban J connectivity index is 1.42. The number of anilines is 1. The van der Waals surface area contributed by atoms with Crippen LogP contribution in [0.15, 0.2) is 59.6 Å². The molecule has 0 spiro atoms. The number of nitrogens with zero attached hydrogens (tertiary/aromatic N) is 3. The summed E-state index contributed by atoms with van der Waals surface area (Å²) >= 11 is 3.41. The maximum Gasteiger partial charge on any atom is 0.206 e. The van der Waals surface area contributed by atoms with Gasteiger partial charge >= 0.3 is 0 Å². The van der Waals surface area contributed by atoms with Crippen LogP contribution in [0.3, 0.4) is 0 Å². The van der Waals surface area contributed by atoms with Crippen LogP contribution < -0.4 is 5.32 Å². The van der Waals surface area contributed by atoms with Gasteiger partial charge in [0.1, 0.15) is 5.69 Å². The Labute approximate surface area is 138 Å². The molecule has 1 N–H and O–H groups in total. The van der Waals surface area contributed by atoms with Crippen LogP contribution in [0.4, 0.5) is 5.13 Å². The van der Waals surface area contributed by atoms with Gasteiger partial charge in [-0.05, 0) is 36.4 Å². The van der Waals surface area contributed by atoms with Crippen LogP contribution in [-0.4, -0.2) is 27.5 Å². The SMILES string of the molecule is c1ccc(SCCCNc2nnc(-c3ccccn3)s2)cc1. The van der Waals surface area contributed by atoms with Gasteiger partial charge in [-0.3, -0.25) is 4.98 Å². The highest BCUT2D eigenvalue weighted by Crippen LogP contribution is 2.24. The summed E-state index contributed by atoms with van der Waals surface area (Å²) in [7, 11) is 0. The lowest BCUT2D eigenvalue weighted by molar-refractivity contribution is 0.973. The summed E-state index contributed by atoms with van der Waals surface area (Å²) in [6.07, 6.45) is 2.85. The molecule has 0 aliphatic heterocycles.